The summed E-state index contributed by atoms with van der Waals surface area (Å²) in [7, 11) is 0. The Hall–Kier alpha value is -2.71. The maximum Gasteiger partial charge on any atom is 0.434 e. The van der Waals surface area contributed by atoms with Crippen LogP contribution in [0.25, 0.3) is 5.65 Å². The molecule has 6 nitrogen and oxygen atoms in total. The molecule has 29 heavy (non-hydrogen) atoms. The van der Waals surface area contributed by atoms with Crippen LogP contribution in [0.5, 0.6) is 0 Å². The third-order valence-corrected chi connectivity index (χ3v) is 5.39. The first-order valence-electron chi connectivity index (χ1n) is 9.53. The maximum absolute atomic E-state index is 13.0. The summed E-state index contributed by atoms with van der Waals surface area (Å²) in [5, 5.41) is 0. The molecule has 0 aromatic carbocycles. The van der Waals surface area contributed by atoms with Crippen LogP contribution in [-0.4, -0.2) is 44.4 Å². The summed E-state index contributed by atoms with van der Waals surface area (Å²) >= 11 is 0. The minimum absolute atomic E-state index is 0.186. The van der Waals surface area contributed by atoms with Gasteiger partial charge in [0, 0.05) is 25.0 Å². The topological polar surface area (TPSA) is 58.1 Å². The van der Waals surface area contributed by atoms with E-state index in [9.17, 15) is 13.2 Å². The van der Waals surface area contributed by atoms with Crippen LogP contribution >= 0.6 is 0 Å². The molecule has 9 heteroatoms. The second kappa shape index (κ2) is 8.34. The number of fused-ring (bicyclic) bond motifs is 1. The Bertz CT molecular complexity index is 930. The lowest BCUT2D eigenvalue weighted by Gasteiger charge is -2.42. The van der Waals surface area contributed by atoms with Crippen molar-refractivity contribution < 1.29 is 13.2 Å². The van der Waals surface area contributed by atoms with Crippen LogP contribution < -0.4 is 0 Å². The van der Waals surface area contributed by atoms with Gasteiger partial charge >= 0.3 is 6.18 Å². The van der Waals surface area contributed by atoms with Gasteiger partial charge in [0.1, 0.15) is 5.84 Å². The number of hydrogen-bond acceptors (Lipinski definition) is 4. The Balaban J connectivity index is 1.93. The predicted molar refractivity (Wildman–Crippen MR) is 107 cm³/mol. The number of piperidine rings is 1. The summed E-state index contributed by atoms with van der Waals surface area (Å²) in [5.74, 6) is 1.77. The third-order valence-electron chi connectivity index (χ3n) is 5.39. The SMILES string of the molecule is C=N/C=C\C(=N/Cc1cnc2cnc(C(F)(F)F)cn12)N1CC(C)CC(C)C1C. The molecule has 2 aromatic heterocycles. The van der Waals surface area contributed by atoms with E-state index < -0.39 is 11.9 Å². The van der Waals surface area contributed by atoms with Crippen LogP contribution in [0.15, 0.2) is 40.9 Å². The zero-order valence-corrected chi connectivity index (χ0v) is 16.8. The first-order chi connectivity index (χ1) is 13.7. The molecule has 0 bridgehead atoms. The lowest BCUT2D eigenvalue weighted by Crippen LogP contribution is -2.48. The Morgan fingerprint density at radius 1 is 1.28 bits per heavy atom. The van der Waals surface area contributed by atoms with Crippen molar-refractivity contribution in [1.82, 2.24) is 19.3 Å². The van der Waals surface area contributed by atoms with Gasteiger partial charge in [-0.1, -0.05) is 13.8 Å². The molecule has 3 atom stereocenters. The number of amidine groups is 1. The van der Waals surface area contributed by atoms with Crippen LogP contribution in [0.3, 0.4) is 0 Å². The van der Waals surface area contributed by atoms with E-state index in [1.807, 2.05) is 0 Å². The number of aliphatic imine (C=N–C) groups is 2. The fourth-order valence-corrected chi connectivity index (χ4v) is 3.74. The Morgan fingerprint density at radius 2 is 2.03 bits per heavy atom. The summed E-state index contributed by atoms with van der Waals surface area (Å²) in [5.41, 5.74) is -0.0609. The van der Waals surface area contributed by atoms with Crippen molar-refractivity contribution in [3.05, 3.63) is 42.3 Å². The Morgan fingerprint density at radius 3 is 2.72 bits per heavy atom. The van der Waals surface area contributed by atoms with Crippen molar-refractivity contribution in [2.24, 2.45) is 21.8 Å². The van der Waals surface area contributed by atoms with Gasteiger partial charge in [-0.3, -0.25) is 14.4 Å². The van der Waals surface area contributed by atoms with E-state index in [0.717, 1.165) is 31.2 Å². The van der Waals surface area contributed by atoms with E-state index >= 15 is 0 Å². The van der Waals surface area contributed by atoms with Crippen LogP contribution in [0.4, 0.5) is 13.2 Å². The molecule has 1 aliphatic heterocycles. The predicted octanol–water partition coefficient (Wildman–Crippen LogP) is 4.23. The lowest BCUT2D eigenvalue weighted by molar-refractivity contribution is -0.141. The zero-order chi connectivity index (χ0) is 21.2. The molecule has 3 heterocycles. The van der Waals surface area contributed by atoms with Gasteiger partial charge in [0.05, 0.1) is 24.6 Å². The first-order valence-corrected chi connectivity index (χ1v) is 9.53. The Kier molecular flexibility index (Phi) is 6.04. The molecule has 0 spiro atoms. The molecule has 0 radical (unpaired) electrons. The molecule has 2 aromatic rings. The Labute approximate surface area is 167 Å². The monoisotopic (exact) mass is 406 g/mol. The average Bonchev–Trinajstić information content (AvgIpc) is 3.07. The molecular formula is C20H25F3N6. The quantitative estimate of drug-likeness (QED) is 0.564. The van der Waals surface area contributed by atoms with Crippen molar-refractivity contribution in [1.29, 1.82) is 0 Å². The molecule has 3 unspecified atom stereocenters. The number of hydrogen-bond donors (Lipinski definition) is 0. The third kappa shape index (κ3) is 4.65. The van der Waals surface area contributed by atoms with Crippen LogP contribution in [0.1, 0.15) is 38.6 Å². The molecule has 1 saturated heterocycles. The number of aromatic nitrogens is 3. The highest BCUT2D eigenvalue weighted by Gasteiger charge is 2.33. The van der Waals surface area contributed by atoms with Gasteiger partial charge < -0.3 is 4.90 Å². The van der Waals surface area contributed by atoms with E-state index in [-0.39, 0.29) is 6.54 Å². The van der Waals surface area contributed by atoms with E-state index in [1.165, 1.54) is 10.6 Å². The molecule has 0 amide bonds. The molecule has 156 valence electrons. The normalized spacial score (nSPS) is 23.9. The van der Waals surface area contributed by atoms with Crippen molar-refractivity contribution in [3.63, 3.8) is 0 Å². The fraction of sp³-hybridized carbons (Fsp3) is 0.500. The highest BCUT2D eigenvalue weighted by molar-refractivity contribution is 5.93. The van der Waals surface area contributed by atoms with Crippen molar-refractivity contribution >= 4 is 18.2 Å². The fourth-order valence-electron chi connectivity index (χ4n) is 3.74. The van der Waals surface area contributed by atoms with Crippen molar-refractivity contribution in [2.75, 3.05) is 6.54 Å². The van der Waals surface area contributed by atoms with Crippen LogP contribution in [0.2, 0.25) is 0 Å². The van der Waals surface area contributed by atoms with Gasteiger partial charge in [0.15, 0.2) is 11.3 Å². The summed E-state index contributed by atoms with van der Waals surface area (Å²) < 4.78 is 40.4. The standard InChI is InChI=1S/C20H25F3N6/c1-13-7-14(2)15(3)28(11-13)18(5-6-24-4)26-8-16-9-27-19-10-25-17(12-29(16)19)20(21,22)23/h5-6,9-10,12-15H,4,7-8,11H2,1-3H3/b6-5-,26-18+. The number of nitrogens with zero attached hydrogens (tertiary/aromatic N) is 6. The minimum Gasteiger partial charge on any atom is -0.354 e. The molecule has 1 fully saturated rings. The number of halogens is 3. The molecule has 0 aliphatic carbocycles. The van der Waals surface area contributed by atoms with Gasteiger partial charge in [-0.15, -0.1) is 0 Å². The number of imidazole rings is 1. The second-order valence-corrected chi connectivity index (χ2v) is 7.63. The van der Waals surface area contributed by atoms with Gasteiger partial charge in [-0.05, 0) is 38.0 Å². The van der Waals surface area contributed by atoms with E-state index in [4.69, 9.17) is 4.99 Å². The van der Waals surface area contributed by atoms with E-state index in [0.29, 0.717) is 29.2 Å². The zero-order valence-electron chi connectivity index (χ0n) is 16.8. The number of likely N-dealkylation sites (tertiary alicyclic amines) is 1. The van der Waals surface area contributed by atoms with Gasteiger partial charge in [0.25, 0.3) is 0 Å². The minimum atomic E-state index is -4.52. The van der Waals surface area contributed by atoms with Gasteiger partial charge in [-0.25, -0.2) is 9.97 Å². The lowest BCUT2D eigenvalue weighted by atomic mass is 9.86. The first kappa shape index (κ1) is 21.0. The molecular weight excluding hydrogens is 381 g/mol. The molecule has 0 N–H and O–H groups in total. The molecule has 0 saturated carbocycles. The van der Waals surface area contributed by atoms with Crippen LogP contribution in [0, 0.1) is 11.8 Å². The van der Waals surface area contributed by atoms with E-state index in [2.05, 4.69) is 47.3 Å². The van der Waals surface area contributed by atoms with Gasteiger partial charge in [0.2, 0.25) is 0 Å². The summed E-state index contributed by atoms with van der Waals surface area (Å²) in [6.45, 7) is 11.1. The molecule has 1 aliphatic rings. The highest BCUT2D eigenvalue weighted by Crippen LogP contribution is 2.29. The highest BCUT2D eigenvalue weighted by atomic mass is 19.4. The summed E-state index contributed by atoms with van der Waals surface area (Å²) in [6.07, 6.45) is 3.61. The van der Waals surface area contributed by atoms with Crippen molar-refractivity contribution in [3.8, 4) is 0 Å². The van der Waals surface area contributed by atoms with Gasteiger partial charge in [-0.2, -0.15) is 13.2 Å². The largest absolute Gasteiger partial charge is 0.434 e. The van der Waals surface area contributed by atoms with E-state index in [1.54, 1.807) is 12.3 Å². The second-order valence-electron chi connectivity index (χ2n) is 7.63. The van der Waals surface area contributed by atoms with Crippen LogP contribution in [-0.2, 0) is 12.7 Å². The number of alkyl halides is 3. The average molecular weight is 406 g/mol. The molecule has 3 rings (SSSR count). The summed E-state index contributed by atoms with van der Waals surface area (Å²) in [6, 6.07) is 0.294. The summed E-state index contributed by atoms with van der Waals surface area (Å²) in [4.78, 5) is 18.3. The smallest absolute Gasteiger partial charge is 0.354 e. The number of rotatable bonds is 4. The van der Waals surface area contributed by atoms with Crippen molar-refractivity contribution in [2.45, 2.75) is 46.0 Å². The maximum atomic E-state index is 13.0.